The predicted octanol–water partition coefficient (Wildman–Crippen LogP) is 4.72. The number of nitrogens with one attached hydrogen (secondary N) is 2. The van der Waals surface area contributed by atoms with Gasteiger partial charge in [0.25, 0.3) is 0 Å². The van der Waals surface area contributed by atoms with E-state index in [0.717, 1.165) is 31.5 Å². The van der Waals surface area contributed by atoms with Crippen LogP contribution in [0.2, 0.25) is 10.0 Å². The molecule has 0 saturated carbocycles. The number of ether oxygens (including phenoxy) is 1. The summed E-state index contributed by atoms with van der Waals surface area (Å²) >= 11 is 12.4. The fourth-order valence-electron chi connectivity index (χ4n) is 4.24. The van der Waals surface area contributed by atoms with E-state index < -0.39 is 0 Å². The molecule has 2 aromatic carbocycles. The number of aromatic amines is 2. The first-order valence-corrected chi connectivity index (χ1v) is 11.2. The molecule has 6 nitrogen and oxygen atoms in total. The van der Waals surface area contributed by atoms with Gasteiger partial charge in [-0.05, 0) is 56.1 Å². The zero-order valence-corrected chi connectivity index (χ0v) is 18.9. The van der Waals surface area contributed by atoms with Gasteiger partial charge in [0.2, 0.25) is 0 Å². The smallest absolute Gasteiger partial charge is 0.340 e. The van der Waals surface area contributed by atoms with Crippen molar-refractivity contribution in [3.8, 4) is 0 Å². The fourth-order valence-corrected chi connectivity index (χ4v) is 4.81. The largest absolute Gasteiger partial charge is 0.373 e. The van der Waals surface area contributed by atoms with Crippen molar-refractivity contribution in [3.05, 3.63) is 86.0 Å². The summed E-state index contributed by atoms with van der Waals surface area (Å²) in [5, 5.41) is 7.70. The van der Waals surface area contributed by atoms with E-state index in [1.165, 1.54) is 5.56 Å². The summed E-state index contributed by atoms with van der Waals surface area (Å²) in [5.74, 6) is 0.666. The number of hydrogen-bond acceptors (Lipinski definition) is 4. The first-order valence-electron chi connectivity index (χ1n) is 10.4. The van der Waals surface area contributed by atoms with Crippen molar-refractivity contribution in [2.24, 2.45) is 0 Å². The summed E-state index contributed by atoms with van der Waals surface area (Å²) in [5.41, 5.74) is 1.88. The molecule has 1 aliphatic heterocycles. The Morgan fingerprint density at radius 2 is 1.90 bits per heavy atom. The number of likely N-dealkylation sites (tertiary alicyclic amines) is 1. The highest BCUT2D eigenvalue weighted by Crippen LogP contribution is 2.38. The molecule has 8 heteroatoms. The molecule has 1 atom stereocenters. The summed E-state index contributed by atoms with van der Waals surface area (Å²) in [6, 6.07) is 16.1. The van der Waals surface area contributed by atoms with E-state index in [1.54, 1.807) is 6.07 Å². The average Bonchev–Trinajstić information content (AvgIpc) is 3.18. The van der Waals surface area contributed by atoms with Crippen molar-refractivity contribution in [2.75, 3.05) is 19.7 Å². The van der Waals surface area contributed by atoms with Crippen molar-refractivity contribution in [2.45, 2.75) is 37.8 Å². The molecule has 1 aliphatic rings. The molecule has 1 unspecified atom stereocenters. The monoisotopic (exact) mass is 460 g/mol. The molecule has 0 amide bonds. The van der Waals surface area contributed by atoms with E-state index in [0.29, 0.717) is 29.0 Å². The lowest BCUT2D eigenvalue weighted by Crippen LogP contribution is -2.45. The lowest BCUT2D eigenvalue weighted by atomic mass is 9.73. The minimum atomic E-state index is -0.270. The highest BCUT2D eigenvalue weighted by molar-refractivity contribution is 6.35. The van der Waals surface area contributed by atoms with Gasteiger partial charge in [-0.25, -0.2) is 9.89 Å². The summed E-state index contributed by atoms with van der Waals surface area (Å²) in [6.45, 7) is 5.04. The Labute approximate surface area is 191 Å². The molecule has 0 bridgehead atoms. The zero-order chi connectivity index (χ0) is 21.8. The maximum absolute atomic E-state index is 11.3. The van der Waals surface area contributed by atoms with Gasteiger partial charge in [0.15, 0.2) is 0 Å². The Morgan fingerprint density at radius 3 is 2.55 bits per heavy atom. The van der Waals surface area contributed by atoms with Crippen LogP contribution in [0.5, 0.6) is 0 Å². The molecule has 164 valence electrons. The molecule has 0 spiro atoms. The Balaban J connectivity index is 1.47. The van der Waals surface area contributed by atoms with Gasteiger partial charge in [0, 0.05) is 15.5 Å². The maximum Gasteiger partial charge on any atom is 0.340 e. The topological polar surface area (TPSA) is 74.0 Å². The minimum Gasteiger partial charge on any atom is -0.373 e. The quantitative estimate of drug-likeness (QED) is 0.534. The van der Waals surface area contributed by atoms with Crippen molar-refractivity contribution in [1.82, 2.24) is 20.1 Å². The number of halogens is 2. The first-order chi connectivity index (χ1) is 14.9. The van der Waals surface area contributed by atoms with Crippen LogP contribution >= 0.6 is 23.2 Å². The molecular formula is C23H26Cl2N4O2. The van der Waals surface area contributed by atoms with Gasteiger partial charge >= 0.3 is 5.69 Å². The standard InChI is InChI=1S/C23H26Cl2N4O2/c1-16(19-8-7-18(24)13-20(19)25)31-15-23(17-5-3-2-4-6-17)9-11-29(12-10-23)14-21-26-22(30)28-27-21/h2-8,13,16H,9-12,14-15H2,1H3,(H2,26,27,28,30). The molecule has 1 aromatic heterocycles. The molecular weight excluding hydrogens is 435 g/mol. The number of H-pyrrole nitrogens is 2. The highest BCUT2D eigenvalue weighted by atomic mass is 35.5. The molecule has 4 rings (SSSR count). The molecule has 3 aromatic rings. The van der Waals surface area contributed by atoms with Gasteiger partial charge in [0.05, 0.1) is 19.3 Å². The Bertz CT molecular complexity index is 1060. The van der Waals surface area contributed by atoms with Crippen LogP contribution in [0, 0.1) is 0 Å². The molecule has 0 aliphatic carbocycles. The lowest BCUT2D eigenvalue weighted by Gasteiger charge is -2.42. The minimum absolute atomic E-state index is 0.0795. The van der Waals surface area contributed by atoms with Gasteiger partial charge in [-0.1, -0.05) is 59.6 Å². The van der Waals surface area contributed by atoms with E-state index in [9.17, 15) is 4.79 Å². The second-order valence-corrected chi connectivity index (χ2v) is 9.01. The number of hydrogen-bond donors (Lipinski definition) is 2. The first kappa shape index (κ1) is 22.1. The van der Waals surface area contributed by atoms with E-state index >= 15 is 0 Å². The van der Waals surface area contributed by atoms with E-state index in [2.05, 4.69) is 44.3 Å². The molecule has 2 heterocycles. The second-order valence-electron chi connectivity index (χ2n) is 8.17. The number of rotatable bonds is 7. The summed E-state index contributed by atoms with van der Waals surface area (Å²) in [6.07, 6.45) is 1.76. The number of piperidine rings is 1. The number of benzene rings is 2. The SMILES string of the molecule is CC(OCC1(c2ccccc2)CCN(Cc2n[nH]c(=O)[nH]2)CC1)c1ccc(Cl)cc1Cl. The summed E-state index contributed by atoms with van der Waals surface area (Å²) in [4.78, 5) is 16.3. The van der Waals surface area contributed by atoms with Crippen LogP contribution in [-0.4, -0.2) is 39.8 Å². The molecule has 1 saturated heterocycles. The average molecular weight is 461 g/mol. The van der Waals surface area contributed by atoms with Crippen LogP contribution in [-0.2, 0) is 16.7 Å². The molecule has 2 N–H and O–H groups in total. The maximum atomic E-state index is 11.3. The van der Waals surface area contributed by atoms with Crippen molar-refractivity contribution in [1.29, 1.82) is 0 Å². The number of aromatic nitrogens is 3. The molecule has 1 fully saturated rings. The Hall–Kier alpha value is -2.12. The van der Waals surface area contributed by atoms with Crippen LogP contribution in [0.3, 0.4) is 0 Å². The zero-order valence-electron chi connectivity index (χ0n) is 17.4. The van der Waals surface area contributed by atoms with Gasteiger partial charge in [-0.15, -0.1) is 0 Å². The highest BCUT2D eigenvalue weighted by Gasteiger charge is 2.37. The van der Waals surface area contributed by atoms with E-state index in [1.807, 2.05) is 25.1 Å². The van der Waals surface area contributed by atoms with Gasteiger partial charge < -0.3 is 4.74 Å². The van der Waals surface area contributed by atoms with Crippen molar-refractivity contribution >= 4 is 23.2 Å². The van der Waals surface area contributed by atoms with Gasteiger partial charge in [-0.3, -0.25) is 9.88 Å². The van der Waals surface area contributed by atoms with E-state index in [-0.39, 0.29) is 17.2 Å². The molecule has 0 radical (unpaired) electrons. The van der Waals surface area contributed by atoms with Crippen LogP contribution in [0.1, 0.15) is 42.8 Å². The van der Waals surface area contributed by atoms with E-state index in [4.69, 9.17) is 27.9 Å². The Morgan fingerprint density at radius 1 is 1.16 bits per heavy atom. The van der Waals surface area contributed by atoms with Crippen molar-refractivity contribution < 1.29 is 4.74 Å². The summed E-state index contributed by atoms with van der Waals surface area (Å²) < 4.78 is 6.39. The van der Waals surface area contributed by atoms with Gasteiger partial charge in [-0.2, -0.15) is 5.10 Å². The Kier molecular flexibility index (Phi) is 6.82. The van der Waals surface area contributed by atoms with Crippen LogP contribution < -0.4 is 5.69 Å². The predicted molar refractivity (Wildman–Crippen MR) is 123 cm³/mol. The number of nitrogens with zero attached hydrogens (tertiary/aromatic N) is 2. The normalized spacial score (nSPS) is 17.5. The van der Waals surface area contributed by atoms with Crippen molar-refractivity contribution in [3.63, 3.8) is 0 Å². The third-order valence-electron chi connectivity index (χ3n) is 6.13. The fraction of sp³-hybridized carbons (Fsp3) is 0.391. The van der Waals surface area contributed by atoms with Crippen LogP contribution in [0.25, 0.3) is 0 Å². The summed E-state index contributed by atoms with van der Waals surface area (Å²) in [7, 11) is 0. The third-order valence-corrected chi connectivity index (χ3v) is 6.70. The van der Waals surface area contributed by atoms with Gasteiger partial charge in [0.1, 0.15) is 5.82 Å². The second kappa shape index (κ2) is 9.57. The third kappa shape index (κ3) is 5.21. The lowest BCUT2D eigenvalue weighted by molar-refractivity contribution is 0.00250. The van der Waals surface area contributed by atoms with Crippen LogP contribution in [0.4, 0.5) is 0 Å². The van der Waals surface area contributed by atoms with Crippen LogP contribution in [0.15, 0.2) is 53.3 Å². The molecule has 31 heavy (non-hydrogen) atoms.